The molecule has 0 aliphatic carbocycles. The fourth-order valence-electron chi connectivity index (χ4n) is 4.18. The maximum Gasteiger partial charge on any atom is 0.410 e. The van der Waals surface area contributed by atoms with E-state index in [9.17, 15) is 9.59 Å². The molecule has 1 aromatic heterocycles. The van der Waals surface area contributed by atoms with E-state index in [2.05, 4.69) is 11.8 Å². The number of carbonyl (C=O) groups excluding carboxylic acids is 2. The number of amides is 1. The van der Waals surface area contributed by atoms with Crippen molar-refractivity contribution in [3.05, 3.63) is 29.5 Å². The number of likely N-dealkylation sites (tertiary alicyclic amines) is 1. The van der Waals surface area contributed by atoms with Crippen molar-refractivity contribution in [3.8, 4) is 0 Å². The highest BCUT2D eigenvalue weighted by Crippen LogP contribution is 2.35. The number of piperidine rings is 1. The highest BCUT2D eigenvalue weighted by molar-refractivity contribution is 6.06. The average molecular weight is 417 g/mol. The van der Waals surface area contributed by atoms with Gasteiger partial charge in [0.1, 0.15) is 11.2 Å². The lowest BCUT2D eigenvalue weighted by Gasteiger charge is -2.40. The maximum atomic E-state index is 12.5. The summed E-state index contributed by atoms with van der Waals surface area (Å²) >= 11 is 0. The second-order valence-electron chi connectivity index (χ2n) is 8.70. The van der Waals surface area contributed by atoms with E-state index in [1.165, 1.54) is 7.11 Å². The lowest BCUT2D eigenvalue weighted by Crippen LogP contribution is -2.48. The Labute approximate surface area is 177 Å². The van der Waals surface area contributed by atoms with Gasteiger partial charge in [-0.25, -0.2) is 9.59 Å². The van der Waals surface area contributed by atoms with E-state index in [-0.39, 0.29) is 18.1 Å². The molecule has 7 heteroatoms. The molecule has 0 saturated carbocycles. The number of benzene rings is 1. The molecule has 2 aromatic rings. The molecule has 0 unspecified atom stereocenters. The van der Waals surface area contributed by atoms with Crippen molar-refractivity contribution in [2.24, 2.45) is 0 Å². The summed E-state index contributed by atoms with van der Waals surface area (Å²) in [6, 6.07) is 4.06. The lowest BCUT2D eigenvalue weighted by molar-refractivity contribution is 0.0204. The standard InChI is InChI=1S/C23H32N2O5/c1-7-25(16-8-11-24(12-9-16)22(27)30-23(3,4)5)18-14-19-17(10-13-29-19)20(15(18)2)21(26)28-6/h10,13-14,16H,7-9,11-12H2,1-6H3. The number of ether oxygens (including phenoxy) is 2. The Hall–Kier alpha value is -2.70. The minimum absolute atomic E-state index is 0.255. The molecule has 2 heterocycles. The SMILES string of the molecule is CCN(c1cc2occc2c(C(=O)OC)c1C)C1CCN(C(=O)OC(C)(C)C)CC1. The molecule has 1 aromatic carbocycles. The van der Waals surface area contributed by atoms with E-state index in [1.54, 1.807) is 17.2 Å². The zero-order valence-electron chi connectivity index (χ0n) is 18.8. The van der Waals surface area contributed by atoms with Gasteiger partial charge in [0.05, 0.1) is 18.9 Å². The van der Waals surface area contributed by atoms with Crippen LogP contribution in [-0.4, -0.2) is 55.3 Å². The second kappa shape index (κ2) is 8.58. The quantitative estimate of drug-likeness (QED) is 0.670. The Morgan fingerprint density at radius 1 is 1.27 bits per heavy atom. The predicted molar refractivity (Wildman–Crippen MR) is 116 cm³/mol. The number of hydrogen-bond donors (Lipinski definition) is 0. The van der Waals surface area contributed by atoms with Gasteiger partial charge in [-0.15, -0.1) is 0 Å². The number of nitrogens with zero attached hydrogens (tertiary/aromatic N) is 2. The number of rotatable bonds is 4. The first kappa shape index (κ1) is 22.0. The van der Waals surface area contributed by atoms with Gasteiger partial charge in [-0.05, 0) is 59.1 Å². The van der Waals surface area contributed by atoms with Gasteiger partial charge in [0.25, 0.3) is 0 Å². The average Bonchev–Trinajstić information content (AvgIpc) is 3.15. The predicted octanol–water partition coefficient (Wildman–Crippen LogP) is 4.75. The second-order valence-corrected chi connectivity index (χ2v) is 8.70. The summed E-state index contributed by atoms with van der Waals surface area (Å²) < 4.78 is 16.2. The molecule has 3 rings (SSSR count). The van der Waals surface area contributed by atoms with Gasteiger partial charge in [0.15, 0.2) is 0 Å². The van der Waals surface area contributed by atoms with Crippen LogP contribution in [-0.2, 0) is 9.47 Å². The minimum atomic E-state index is -0.497. The minimum Gasteiger partial charge on any atom is -0.465 e. The molecule has 0 spiro atoms. The van der Waals surface area contributed by atoms with Gasteiger partial charge in [-0.2, -0.15) is 0 Å². The van der Waals surface area contributed by atoms with Crippen LogP contribution in [0.3, 0.4) is 0 Å². The van der Waals surface area contributed by atoms with E-state index in [1.807, 2.05) is 33.8 Å². The normalized spacial score (nSPS) is 15.3. The number of furan rings is 1. The van der Waals surface area contributed by atoms with Crippen molar-refractivity contribution in [1.29, 1.82) is 0 Å². The van der Waals surface area contributed by atoms with Crippen LogP contribution in [0, 0.1) is 6.92 Å². The van der Waals surface area contributed by atoms with E-state index in [4.69, 9.17) is 13.9 Å². The van der Waals surface area contributed by atoms with Crippen molar-refractivity contribution in [2.75, 3.05) is 31.6 Å². The molecule has 0 radical (unpaired) electrons. The van der Waals surface area contributed by atoms with Crippen LogP contribution in [0.5, 0.6) is 0 Å². The van der Waals surface area contributed by atoms with E-state index < -0.39 is 5.60 Å². The van der Waals surface area contributed by atoms with Gasteiger partial charge in [-0.1, -0.05) is 0 Å². The maximum absolute atomic E-state index is 12.5. The summed E-state index contributed by atoms with van der Waals surface area (Å²) in [5, 5.41) is 0.763. The summed E-state index contributed by atoms with van der Waals surface area (Å²) in [4.78, 5) is 28.9. The van der Waals surface area contributed by atoms with Gasteiger partial charge in [-0.3, -0.25) is 0 Å². The molecule has 1 aliphatic heterocycles. The van der Waals surface area contributed by atoms with Crippen LogP contribution >= 0.6 is 0 Å². The largest absolute Gasteiger partial charge is 0.465 e. The highest BCUT2D eigenvalue weighted by atomic mass is 16.6. The smallest absolute Gasteiger partial charge is 0.410 e. The van der Waals surface area contributed by atoms with E-state index in [0.29, 0.717) is 24.2 Å². The molecular formula is C23H32N2O5. The van der Waals surface area contributed by atoms with Gasteiger partial charge in [0, 0.05) is 42.8 Å². The van der Waals surface area contributed by atoms with Gasteiger partial charge < -0.3 is 23.7 Å². The topological polar surface area (TPSA) is 72.2 Å². The van der Waals surface area contributed by atoms with Crippen molar-refractivity contribution < 1.29 is 23.5 Å². The Bertz CT molecular complexity index is 920. The monoisotopic (exact) mass is 416 g/mol. The number of carbonyl (C=O) groups is 2. The molecule has 7 nitrogen and oxygen atoms in total. The van der Waals surface area contributed by atoms with Crippen LogP contribution in [0.4, 0.5) is 10.5 Å². The summed E-state index contributed by atoms with van der Waals surface area (Å²) in [6.07, 6.45) is 2.99. The summed E-state index contributed by atoms with van der Waals surface area (Å²) in [5.74, 6) is -0.364. The molecule has 0 N–H and O–H groups in total. The first-order valence-electron chi connectivity index (χ1n) is 10.5. The Morgan fingerprint density at radius 2 is 1.93 bits per heavy atom. The van der Waals surface area contributed by atoms with Crippen LogP contribution < -0.4 is 4.90 Å². The third kappa shape index (κ3) is 4.40. The molecule has 0 bridgehead atoms. The van der Waals surface area contributed by atoms with Gasteiger partial charge in [0.2, 0.25) is 0 Å². The molecule has 1 aliphatic rings. The number of fused-ring (bicyclic) bond motifs is 1. The molecule has 1 amide bonds. The Balaban J connectivity index is 1.84. The van der Waals surface area contributed by atoms with Crippen LogP contribution in [0.1, 0.15) is 56.5 Å². The Kier molecular flexibility index (Phi) is 6.29. The number of methoxy groups -OCH3 is 1. The van der Waals surface area contributed by atoms with Crippen molar-refractivity contribution in [3.63, 3.8) is 0 Å². The summed E-state index contributed by atoms with van der Waals surface area (Å²) in [6.45, 7) is 11.7. The number of hydrogen-bond acceptors (Lipinski definition) is 6. The van der Waals surface area contributed by atoms with Crippen LogP contribution in [0.25, 0.3) is 11.0 Å². The van der Waals surface area contributed by atoms with Crippen molar-refractivity contribution >= 4 is 28.7 Å². The lowest BCUT2D eigenvalue weighted by atomic mass is 9.97. The van der Waals surface area contributed by atoms with Gasteiger partial charge >= 0.3 is 12.1 Å². The zero-order chi connectivity index (χ0) is 22.1. The first-order valence-corrected chi connectivity index (χ1v) is 10.5. The third-order valence-electron chi connectivity index (χ3n) is 5.59. The number of esters is 1. The molecule has 1 saturated heterocycles. The van der Waals surface area contributed by atoms with E-state index in [0.717, 1.165) is 36.0 Å². The third-order valence-corrected chi connectivity index (χ3v) is 5.59. The molecule has 0 atom stereocenters. The molecule has 1 fully saturated rings. The first-order chi connectivity index (χ1) is 14.2. The number of anilines is 1. The summed E-state index contributed by atoms with van der Waals surface area (Å²) in [7, 11) is 1.39. The highest BCUT2D eigenvalue weighted by Gasteiger charge is 2.31. The molecule has 164 valence electrons. The zero-order valence-corrected chi connectivity index (χ0v) is 18.8. The molecular weight excluding hydrogens is 384 g/mol. The summed E-state index contributed by atoms with van der Waals surface area (Å²) in [5.41, 5.74) is 2.57. The molecule has 30 heavy (non-hydrogen) atoms. The van der Waals surface area contributed by atoms with Crippen LogP contribution in [0.15, 0.2) is 22.8 Å². The van der Waals surface area contributed by atoms with Crippen LogP contribution in [0.2, 0.25) is 0 Å². The van der Waals surface area contributed by atoms with Crippen molar-refractivity contribution in [2.45, 2.75) is 59.1 Å². The fourth-order valence-corrected chi connectivity index (χ4v) is 4.18. The Morgan fingerprint density at radius 3 is 2.50 bits per heavy atom. The fraction of sp³-hybridized carbons (Fsp3) is 0.565. The van der Waals surface area contributed by atoms with Crippen molar-refractivity contribution in [1.82, 2.24) is 4.90 Å². The van der Waals surface area contributed by atoms with E-state index >= 15 is 0 Å².